The standard InChI is InChI=1S/C29H32F3N5O4S/c1-4-19-13-20(5-6-24(19)41-12-9-18-7-10-35(11-8-18)17-25(38)39)37-27(42)36(26(40)28(37,2)3)21-14-22(29(30,31)32)23(15-33)34-16-21/h5-6,13-14,16,18H,4,7-12,17H2,1-3H3,(H,38,39). The molecule has 13 heteroatoms. The van der Waals surface area contributed by atoms with E-state index in [2.05, 4.69) is 4.98 Å². The van der Waals surface area contributed by atoms with Crippen LogP contribution in [0.15, 0.2) is 30.5 Å². The Morgan fingerprint density at radius 3 is 2.52 bits per heavy atom. The molecular weight excluding hydrogens is 571 g/mol. The Balaban J connectivity index is 1.50. The molecule has 3 heterocycles. The van der Waals surface area contributed by atoms with Crippen molar-refractivity contribution < 1.29 is 32.6 Å². The normalized spacial score (nSPS) is 17.9. The SMILES string of the molecule is CCc1cc(N2C(=S)N(c3cnc(C#N)c(C(F)(F)F)c3)C(=O)C2(C)C)ccc1OCCC1CCN(CC(=O)O)CC1. The molecule has 1 aromatic heterocycles. The maximum Gasteiger partial charge on any atom is 0.419 e. The first-order valence-corrected chi connectivity index (χ1v) is 14.0. The molecule has 42 heavy (non-hydrogen) atoms. The van der Waals surface area contributed by atoms with Crippen molar-refractivity contribution in [1.29, 1.82) is 5.26 Å². The zero-order valence-electron chi connectivity index (χ0n) is 23.6. The molecule has 0 spiro atoms. The molecule has 0 atom stereocenters. The maximum absolute atomic E-state index is 13.6. The van der Waals surface area contributed by atoms with E-state index >= 15 is 0 Å². The Kier molecular flexibility index (Phi) is 9.08. The summed E-state index contributed by atoms with van der Waals surface area (Å²) in [6.07, 6.45) is -0.483. The number of aromatic nitrogens is 1. The van der Waals surface area contributed by atoms with E-state index in [4.69, 9.17) is 27.3 Å². The van der Waals surface area contributed by atoms with Gasteiger partial charge in [0.1, 0.15) is 17.4 Å². The number of ether oxygens (including phenoxy) is 1. The number of benzene rings is 1. The highest BCUT2D eigenvalue weighted by atomic mass is 32.1. The minimum Gasteiger partial charge on any atom is -0.493 e. The Morgan fingerprint density at radius 2 is 1.93 bits per heavy atom. The van der Waals surface area contributed by atoms with E-state index in [0.29, 0.717) is 30.4 Å². The minimum atomic E-state index is -4.84. The molecule has 0 bridgehead atoms. The highest BCUT2D eigenvalue weighted by molar-refractivity contribution is 7.81. The fourth-order valence-corrected chi connectivity index (χ4v) is 5.94. The Bertz CT molecular complexity index is 1420. The summed E-state index contributed by atoms with van der Waals surface area (Å²) in [6, 6.07) is 7.60. The number of rotatable bonds is 9. The van der Waals surface area contributed by atoms with E-state index in [1.54, 1.807) is 30.9 Å². The summed E-state index contributed by atoms with van der Waals surface area (Å²) >= 11 is 5.63. The van der Waals surface area contributed by atoms with Crippen molar-refractivity contribution in [2.24, 2.45) is 5.92 Å². The highest BCUT2D eigenvalue weighted by Crippen LogP contribution is 2.40. The lowest BCUT2D eigenvalue weighted by Gasteiger charge is -2.31. The van der Waals surface area contributed by atoms with Crippen molar-refractivity contribution in [3.05, 3.63) is 47.3 Å². The van der Waals surface area contributed by atoms with Crippen molar-refractivity contribution in [3.63, 3.8) is 0 Å². The number of aliphatic carboxylic acids is 1. The Hall–Kier alpha value is -3.76. The number of nitriles is 1. The molecule has 2 aliphatic heterocycles. The number of alkyl halides is 3. The van der Waals surface area contributed by atoms with Gasteiger partial charge < -0.3 is 14.7 Å². The van der Waals surface area contributed by atoms with Crippen LogP contribution >= 0.6 is 12.2 Å². The summed E-state index contributed by atoms with van der Waals surface area (Å²) in [5.74, 6) is -0.195. The Labute approximate surface area is 247 Å². The number of nitrogens with zero attached hydrogens (tertiary/aromatic N) is 5. The molecule has 2 saturated heterocycles. The second-order valence-electron chi connectivity index (χ2n) is 10.9. The summed E-state index contributed by atoms with van der Waals surface area (Å²) in [5.41, 5.74) is -1.94. The number of carbonyl (C=O) groups excluding carboxylic acids is 1. The van der Waals surface area contributed by atoms with Gasteiger partial charge in [0.15, 0.2) is 10.8 Å². The predicted octanol–water partition coefficient (Wildman–Crippen LogP) is 5.02. The van der Waals surface area contributed by atoms with Gasteiger partial charge in [0.25, 0.3) is 5.91 Å². The molecular formula is C29H32F3N5O4S. The van der Waals surface area contributed by atoms with Crippen molar-refractivity contribution in [1.82, 2.24) is 9.88 Å². The first kappa shape index (κ1) is 31.2. The zero-order chi connectivity index (χ0) is 30.8. The van der Waals surface area contributed by atoms with Gasteiger partial charge in [-0.15, -0.1) is 0 Å². The molecule has 9 nitrogen and oxygen atoms in total. The summed E-state index contributed by atoms with van der Waals surface area (Å²) in [4.78, 5) is 32.6. The van der Waals surface area contributed by atoms with Gasteiger partial charge >= 0.3 is 12.1 Å². The van der Waals surface area contributed by atoms with Crippen LogP contribution in [0.25, 0.3) is 0 Å². The maximum atomic E-state index is 13.6. The van der Waals surface area contributed by atoms with E-state index in [-0.39, 0.29) is 17.3 Å². The van der Waals surface area contributed by atoms with Crippen LogP contribution < -0.4 is 14.5 Å². The van der Waals surface area contributed by atoms with Gasteiger partial charge in [-0.1, -0.05) is 6.92 Å². The molecule has 1 N–H and O–H groups in total. The fourth-order valence-electron chi connectivity index (χ4n) is 5.42. The van der Waals surface area contributed by atoms with Gasteiger partial charge in [-0.3, -0.25) is 19.4 Å². The number of thiocarbonyl (C=S) groups is 1. The van der Waals surface area contributed by atoms with Crippen LogP contribution in [-0.2, 0) is 22.2 Å². The lowest BCUT2D eigenvalue weighted by Crippen LogP contribution is -2.44. The predicted molar refractivity (Wildman–Crippen MR) is 153 cm³/mol. The largest absolute Gasteiger partial charge is 0.493 e. The second kappa shape index (κ2) is 12.2. The van der Waals surface area contributed by atoms with Gasteiger partial charge in [0.2, 0.25) is 0 Å². The van der Waals surface area contributed by atoms with Crippen LogP contribution in [0, 0.1) is 17.2 Å². The summed E-state index contributed by atoms with van der Waals surface area (Å²) in [5, 5.41) is 18.1. The fraction of sp³-hybridized carbons (Fsp3) is 0.483. The van der Waals surface area contributed by atoms with Gasteiger partial charge in [0.05, 0.1) is 30.6 Å². The van der Waals surface area contributed by atoms with Crippen LogP contribution in [0.1, 0.15) is 56.9 Å². The number of piperidine rings is 1. The van der Waals surface area contributed by atoms with E-state index in [9.17, 15) is 22.8 Å². The number of carbonyl (C=O) groups is 2. The van der Waals surface area contributed by atoms with Crippen molar-refractivity contribution in [3.8, 4) is 11.8 Å². The van der Waals surface area contributed by atoms with Gasteiger partial charge in [-0.25, -0.2) is 4.98 Å². The number of carboxylic acids is 1. The first-order chi connectivity index (χ1) is 19.8. The molecule has 1 amide bonds. The minimum absolute atomic E-state index is 0.00501. The molecule has 2 aromatic rings. The van der Waals surface area contributed by atoms with E-state index < -0.39 is 34.8 Å². The van der Waals surface area contributed by atoms with Crippen LogP contribution in [0.5, 0.6) is 5.75 Å². The third kappa shape index (κ3) is 6.34. The van der Waals surface area contributed by atoms with Crippen LogP contribution in [0.3, 0.4) is 0 Å². The highest BCUT2D eigenvalue weighted by Gasteiger charge is 2.51. The second-order valence-corrected chi connectivity index (χ2v) is 11.3. The lowest BCUT2D eigenvalue weighted by molar-refractivity contribution is -0.139. The van der Waals surface area contributed by atoms with E-state index in [1.807, 2.05) is 17.9 Å². The molecule has 1 aromatic carbocycles. The van der Waals surface area contributed by atoms with Crippen molar-refractivity contribution in [2.45, 2.75) is 58.2 Å². The monoisotopic (exact) mass is 603 g/mol. The molecule has 2 fully saturated rings. The third-order valence-corrected chi connectivity index (χ3v) is 8.11. The molecule has 0 unspecified atom stereocenters. The first-order valence-electron chi connectivity index (χ1n) is 13.6. The number of anilines is 2. The van der Waals surface area contributed by atoms with Crippen molar-refractivity contribution in [2.75, 3.05) is 36.0 Å². The number of hydrogen-bond donors (Lipinski definition) is 1. The number of likely N-dealkylation sites (tertiary alicyclic amines) is 1. The number of hydrogen-bond acceptors (Lipinski definition) is 7. The van der Waals surface area contributed by atoms with Gasteiger partial charge in [-0.2, -0.15) is 18.4 Å². The summed E-state index contributed by atoms with van der Waals surface area (Å²) in [6.45, 7) is 7.32. The number of pyridine rings is 1. The van der Waals surface area contributed by atoms with E-state index in [0.717, 1.165) is 55.1 Å². The smallest absolute Gasteiger partial charge is 0.419 e. The number of carboxylic acid groups (broad SMARTS) is 1. The number of halogens is 3. The zero-order valence-corrected chi connectivity index (χ0v) is 24.4. The topological polar surface area (TPSA) is 110 Å². The average Bonchev–Trinajstić information content (AvgIpc) is 3.11. The summed E-state index contributed by atoms with van der Waals surface area (Å²) < 4.78 is 46.9. The van der Waals surface area contributed by atoms with Gasteiger partial charge in [0, 0.05) is 5.69 Å². The van der Waals surface area contributed by atoms with Crippen LogP contribution in [-0.4, -0.2) is 63.8 Å². The molecule has 0 aliphatic carbocycles. The van der Waals surface area contributed by atoms with E-state index in [1.165, 1.54) is 6.07 Å². The molecule has 0 radical (unpaired) electrons. The molecule has 2 aliphatic rings. The quantitative estimate of drug-likeness (QED) is 0.395. The lowest BCUT2D eigenvalue weighted by atomic mass is 9.94. The van der Waals surface area contributed by atoms with Crippen molar-refractivity contribution >= 4 is 40.6 Å². The van der Waals surface area contributed by atoms with Crippen LogP contribution in [0.4, 0.5) is 24.5 Å². The molecule has 0 saturated carbocycles. The number of aryl methyl sites for hydroxylation is 1. The average molecular weight is 604 g/mol. The third-order valence-electron chi connectivity index (χ3n) is 7.74. The number of amides is 1. The molecule has 224 valence electrons. The Morgan fingerprint density at radius 1 is 1.24 bits per heavy atom. The summed E-state index contributed by atoms with van der Waals surface area (Å²) in [7, 11) is 0. The molecule has 4 rings (SSSR count). The van der Waals surface area contributed by atoms with Crippen LogP contribution in [0.2, 0.25) is 0 Å². The van der Waals surface area contributed by atoms with Gasteiger partial charge in [-0.05, 0) is 101 Å².